The third-order valence-corrected chi connectivity index (χ3v) is 4.48. The molecule has 0 aliphatic carbocycles. The second-order valence-corrected chi connectivity index (χ2v) is 5.75. The lowest BCUT2D eigenvalue weighted by atomic mass is 10.2. The Morgan fingerprint density at radius 2 is 2.08 bits per heavy atom. The fourth-order valence-corrected chi connectivity index (χ4v) is 2.68. The number of hydrogen-bond donors (Lipinski definition) is 0. The molecule has 72 valence electrons. The quantitative estimate of drug-likeness (QED) is 0.702. The summed E-state index contributed by atoms with van der Waals surface area (Å²) in [7, 11) is -0.531. The van der Waals surface area contributed by atoms with Crippen LogP contribution in [0.25, 0.3) is 0 Å². The van der Waals surface area contributed by atoms with Gasteiger partial charge in [-0.05, 0) is 5.92 Å². The van der Waals surface area contributed by atoms with E-state index in [1.54, 1.807) is 0 Å². The Kier molecular flexibility index (Phi) is 4.75. The van der Waals surface area contributed by atoms with Gasteiger partial charge in [-0.3, -0.25) is 4.21 Å². The second-order valence-electron chi connectivity index (χ2n) is 3.41. The molecule has 4 heteroatoms. The van der Waals surface area contributed by atoms with Gasteiger partial charge in [-0.25, -0.2) is 0 Å². The summed E-state index contributed by atoms with van der Waals surface area (Å²) in [6, 6.07) is 0. The first-order valence-electron chi connectivity index (χ1n) is 4.35. The monoisotopic (exact) mass is 253 g/mol. The smallest absolute Gasteiger partial charge is 0.0363 e. The molecule has 0 radical (unpaired) electrons. The van der Waals surface area contributed by atoms with E-state index in [-0.39, 0.29) is 0 Å². The van der Waals surface area contributed by atoms with Crippen molar-refractivity contribution in [2.24, 2.45) is 5.92 Å². The van der Waals surface area contributed by atoms with Gasteiger partial charge in [-0.2, -0.15) is 0 Å². The Morgan fingerprint density at radius 1 is 1.50 bits per heavy atom. The van der Waals surface area contributed by atoms with E-state index in [1.807, 2.05) is 0 Å². The van der Waals surface area contributed by atoms with Gasteiger partial charge in [0, 0.05) is 47.3 Å². The van der Waals surface area contributed by atoms with Crippen LogP contribution in [-0.4, -0.2) is 45.6 Å². The summed E-state index contributed by atoms with van der Waals surface area (Å²) in [5.41, 5.74) is 0. The van der Waals surface area contributed by atoms with Crippen LogP contribution in [0.4, 0.5) is 0 Å². The Labute approximate surface area is 85.3 Å². The molecule has 0 aromatic carbocycles. The molecule has 12 heavy (non-hydrogen) atoms. The van der Waals surface area contributed by atoms with E-state index in [2.05, 4.69) is 27.8 Å². The predicted molar refractivity (Wildman–Crippen MR) is 57.3 cm³/mol. The highest BCUT2D eigenvalue weighted by molar-refractivity contribution is 9.09. The standard InChI is InChI=1S/C8H16BrNOS/c1-8(6-9)7-10-2-4-12(11)5-3-10/h8H,2-7H2,1H3. The molecular weight excluding hydrogens is 238 g/mol. The van der Waals surface area contributed by atoms with Crippen LogP contribution in [-0.2, 0) is 10.8 Å². The highest BCUT2D eigenvalue weighted by Crippen LogP contribution is 2.06. The van der Waals surface area contributed by atoms with Crippen molar-refractivity contribution < 1.29 is 4.21 Å². The maximum Gasteiger partial charge on any atom is 0.0363 e. The zero-order valence-corrected chi connectivity index (χ0v) is 9.86. The van der Waals surface area contributed by atoms with Gasteiger partial charge in [0.1, 0.15) is 0 Å². The summed E-state index contributed by atoms with van der Waals surface area (Å²) in [6.45, 7) is 5.41. The molecule has 0 amide bonds. The molecule has 1 fully saturated rings. The van der Waals surface area contributed by atoms with Crippen molar-refractivity contribution in [3.63, 3.8) is 0 Å². The average molecular weight is 254 g/mol. The van der Waals surface area contributed by atoms with E-state index in [4.69, 9.17) is 0 Å². The van der Waals surface area contributed by atoms with Crippen molar-refractivity contribution >= 4 is 26.7 Å². The number of nitrogens with zero attached hydrogens (tertiary/aromatic N) is 1. The minimum atomic E-state index is -0.531. The summed E-state index contributed by atoms with van der Waals surface area (Å²) >= 11 is 3.47. The number of hydrogen-bond acceptors (Lipinski definition) is 2. The summed E-state index contributed by atoms with van der Waals surface area (Å²) in [6.07, 6.45) is 0. The average Bonchev–Trinajstić information content (AvgIpc) is 2.09. The minimum absolute atomic E-state index is 0.531. The maximum atomic E-state index is 11.0. The molecule has 1 saturated heterocycles. The molecule has 1 atom stereocenters. The van der Waals surface area contributed by atoms with Crippen LogP contribution >= 0.6 is 15.9 Å². The van der Waals surface area contributed by atoms with Crippen molar-refractivity contribution in [3.05, 3.63) is 0 Å². The Hall–Kier alpha value is 0.590. The van der Waals surface area contributed by atoms with E-state index in [0.29, 0.717) is 5.92 Å². The number of halogens is 1. The van der Waals surface area contributed by atoms with E-state index in [1.165, 1.54) is 0 Å². The fraction of sp³-hybridized carbons (Fsp3) is 1.00. The maximum absolute atomic E-state index is 11.0. The molecule has 1 aliphatic heterocycles. The molecule has 0 saturated carbocycles. The summed E-state index contributed by atoms with van der Waals surface area (Å²) in [5.74, 6) is 2.45. The predicted octanol–water partition coefficient (Wildman–Crippen LogP) is 1.08. The van der Waals surface area contributed by atoms with Crippen molar-refractivity contribution in [2.75, 3.05) is 36.5 Å². The molecule has 2 nitrogen and oxygen atoms in total. The first kappa shape index (κ1) is 10.7. The Balaban J connectivity index is 2.21. The topological polar surface area (TPSA) is 20.3 Å². The van der Waals surface area contributed by atoms with Crippen LogP contribution in [0.3, 0.4) is 0 Å². The van der Waals surface area contributed by atoms with E-state index >= 15 is 0 Å². The molecule has 1 unspecified atom stereocenters. The molecule has 0 aromatic rings. The molecule has 0 bridgehead atoms. The zero-order chi connectivity index (χ0) is 8.97. The molecule has 1 aliphatic rings. The van der Waals surface area contributed by atoms with Gasteiger partial charge in [0.2, 0.25) is 0 Å². The molecule has 0 spiro atoms. The third-order valence-electron chi connectivity index (χ3n) is 2.10. The summed E-state index contributed by atoms with van der Waals surface area (Å²) in [5, 5.41) is 1.06. The molecular formula is C8H16BrNOS. The van der Waals surface area contributed by atoms with Crippen molar-refractivity contribution in [3.8, 4) is 0 Å². The molecule has 1 rings (SSSR count). The van der Waals surface area contributed by atoms with E-state index in [0.717, 1.165) is 36.5 Å². The summed E-state index contributed by atoms with van der Waals surface area (Å²) < 4.78 is 11.0. The van der Waals surface area contributed by atoms with Gasteiger partial charge in [0.15, 0.2) is 0 Å². The first-order chi connectivity index (χ1) is 5.72. The van der Waals surface area contributed by atoms with Crippen LogP contribution < -0.4 is 0 Å². The minimum Gasteiger partial charge on any atom is -0.301 e. The van der Waals surface area contributed by atoms with Crippen LogP contribution in [0.2, 0.25) is 0 Å². The molecule has 0 aromatic heterocycles. The first-order valence-corrected chi connectivity index (χ1v) is 6.96. The molecule has 0 N–H and O–H groups in total. The van der Waals surface area contributed by atoms with Crippen LogP contribution in [0.15, 0.2) is 0 Å². The summed E-state index contributed by atoms with van der Waals surface area (Å²) in [4.78, 5) is 2.41. The fourth-order valence-electron chi connectivity index (χ4n) is 1.35. The van der Waals surface area contributed by atoms with Crippen molar-refractivity contribution in [1.82, 2.24) is 4.90 Å². The van der Waals surface area contributed by atoms with Gasteiger partial charge in [0.05, 0.1) is 0 Å². The van der Waals surface area contributed by atoms with Crippen molar-refractivity contribution in [2.45, 2.75) is 6.92 Å². The van der Waals surface area contributed by atoms with Crippen molar-refractivity contribution in [1.29, 1.82) is 0 Å². The SMILES string of the molecule is CC(CBr)CN1CCS(=O)CC1. The zero-order valence-electron chi connectivity index (χ0n) is 7.46. The van der Waals surface area contributed by atoms with Crippen LogP contribution in [0.1, 0.15) is 6.92 Å². The Morgan fingerprint density at radius 3 is 2.58 bits per heavy atom. The lowest BCUT2D eigenvalue weighted by molar-refractivity contribution is 0.268. The lowest BCUT2D eigenvalue weighted by Gasteiger charge is -2.28. The van der Waals surface area contributed by atoms with Gasteiger partial charge >= 0.3 is 0 Å². The third kappa shape index (κ3) is 3.54. The molecule has 1 heterocycles. The highest BCUT2D eigenvalue weighted by atomic mass is 79.9. The second kappa shape index (κ2) is 5.35. The van der Waals surface area contributed by atoms with Gasteiger partial charge in [0.25, 0.3) is 0 Å². The normalized spacial score (nSPS) is 24.2. The van der Waals surface area contributed by atoms with Crippen LogP contribution in [0, 0.1) is 5.92 Å². The van der Waals surface area contributed by atoms with Gasteiger partial charge < -0.3 is 4.90 Å². The van der Waals surface area contributed by atoms with Crippen LogP contribution in [0.5, 0.6) is 0 Å². The largest absolute Gasteiger partial charge is 0.301 e. The van der Waals surface area contributed by atoms with Gasteiger partial charge in [-0.1, -0.05) is 22.9 Å². The lowest BCUT2D eigenvalue weighted by Crippen LogP contribution is -2.40. The van der Waals surface area contributed by atoms with Gasteiger partial charge in [-0.15, -0.1) is 0 Å². The van der Waals surface area contributed by atoms with E-state index < -0.39 is 10.8 Å². The highest BCUT2D eigenvalue weighted by Gasteiger charge is 2.16. The number of rotatable bonds is 3. The Bertz CT molecular complexity index is 155. The van der Waals surface area contributed by atoms with E-state index in [9.17, 15) is 4.21 Å². The number of alkyl halides is 1.